The number of aliphatic hydroxyl groups excluding tert-OH is 2. The number of hydrogen-bond acceptors (Lipinski definition) is 10. The Morgan fingerprint density at radius 1 is 1.24 bits per heavy atom. The molecular formula is C27H32F3N7O5. The molecule has 6 N–H and O–H groups in total. The van der Waals surface area contributed by atoms with Crippen LogP contribution in [-0.4, -0.2) is 79.5 Å². The van der Waals surface area contributed by atoms with Crippen LogP contribution in [0.5, 0.6) is 5.88 Å². The summed E-state index contributed by atoms with van der Waals surface area (Å²) in [5, 5.41) is 36.1. The number of nitrogens with one attached hydrogen (secondary N) is 1. The van der Waals surface area contributed by atoms with Crippen LogP contribution in [0.25, 0.3) is 5.69 Å². The van der Waals surface area contributed by atoms with Crippen molar-refractivity contribution in [1.29, 1.82) is 0 Å². The predicted molar refractivity (Wildman–Crippen MR) is 144 cm³/mol. The summed E-state index contributed by atoms with van der Waals surface area (Å²) in [5.41, 5.74) is 6.20. The number of carboxylic acid groups (broad SMARTS) is 1. The van der Waals surface area contributed by atoms with E-state index in [0.29, 0.717) is 50.4 Å². The van der Waals surface area contributed by atoms with Crippen molar-refractivity contribution in [3.63, 3.8) is 0 Å². The number of carbonyl (C=O) groups is 1. The Morgan fingerprint density at radius 3 is 2.57 bits per heavy atom. The van der Waals surface area contributed by atoms with Gasteiger partial charge in [0.05, 0.1) is 18.0 Å². The summed E-state index contributed by atoms with van der Waals surface area (Å²) in [4.78, 5) is 21.4. The maximum atomic E-state index is 14.6. The number of aryl methyl sites for hydroxylation is 1. The minimum atomic E-state index is -4.89. The molecule has 5 rings (SSSR count). The molecule has 3 atom stereocenters. The second-order valence-electron chi connectivity index (χ2n) is 10.8. The number of nitrogens with two attached hydrogens (primary N) is 1. The lowest BCUT2D eigenvalue weighted by Crippen LogP contribution is -2.41. The molecule has 2 fully saturated rings. The van der Waals surface area contributed by atoms with Crippen molar-refractivity contribution in [3.05, 3.63) is 53.3 Å². The molecule has 0 radical (unpaired) electrons. The summed E-state index contributed by atoms with van der Waals surface area (Å²) in [6, 6.07) is 6.11. The van der Waals surface area contributed by atoms with Crippen LogP contribution in [-0.2, 0) is 4.79 Å². The normalized spacial score (nSPS) is 20.0. The lowest BCUT2D eigenvalue weighted by molar-refractivity contribution is -0.198. The number of alkyl halides is 3. The summed E-state index contributed by atoms with van der Waals surface area (Å²) in [6.07, 6.45) is -5.33. The van der Waals surface area contributed by atoms with E-state index in [1.807, 2.05) is 4.90 Å². The third-order valence-electron chi connectivity index (χ3n) is 7.91. The first-order valence-electron chi connectivity index (χ1n) is 13.4. The standard InChI is InChI=1S/C27H32F3N7O5/c1-15-4-7-37(35-15)19-10-16(20(39)13-38)2-3-17(19)23(27(28,29)30)42-22-11-21(33-25(31)34-22)36-8-5-26(6-9-36)12-18(24(40)41)32-14-26/h2-4,7,10-11,18,20,23,32,38-39H,5-6,8-9,12-14H2,1H3,(H,40,41)(H2,31,33,34)/t18-,20?,23+/m0/s1. The maximum absolute atomic E-state index is 14.6. The summed E-state index contributed by atoms with van der Waals surface area (Å²) < 4.78 is 50.4. The van der Waals surface area contributed by atoms with Gasteiger partial charge in [-0.3, -0.25) is 4.79 Å². The fraction of sp³-hybridized carbons (Fsp3) is 0.481. The smallest absolute Gasteiger partial charge is 0.429 e. The number of halogens is 3. The number of aromatic nitrogens is 4. The first-order valence-corrected chi connectivity index (χ1v) is 13.4. The Hall–Kier alpha value is -3.95. The van der Waals surface area contributed by atoms with Gasteiger partial charge in [-0.1, -0.05) is 12.1 Å². The van der Waals surface area contributed by atoms with Crippen LogP contribution in [0.15, 0.2) is 36.5 Å². The van der Waals surface area contributed by atoms with E-state index in [0.717, 1.165) is 0 Å². The summed E-state index contributed by atoms with van der Waals surface area (Å²) in [6.45, 7) is 2.65. The predicted octanol–water partition coefficient (Wildman–Crippen LogP) is 2.29. The molecule has 1 aromatic carbocycles. The van der Waals surface area contributed by atoms with E-state index >= 15 is 0 Å². The van der Waals surface area contributed by atoms with Crippen LogP contribution in [0.1, 0.15) is 48.3 Å². The SMILES string of the molecule is Cc1ccn(-c2cc(C(O)CO)ccc2[C@@H](Oc2cc(N3CCC4(CC3)CN[C@H](C(=O)O)C4)nc(N)n2)C(F)(F)F)n1. The van der Waals surface area contributed by atoms with Crippen molar-refractivity contribution in [3.8, 4) is 11.6 Å². The van der Waals surface area contributed by atoms with Crippen molar-refractivity contribution in [2.24, 2.45) is 5.41 Å². The number of benzene rings is 1. The van der Waals surface area contributed by atoms with E-state index in [1.54, 1.807) is 13.0 Å². The molecule has 2 aliphatic rings. The van der Waals surface area contributed by atoms with Gasteiger partial charge in [0, 0.05) is 37.5 Å². The quantitative estimate of drug-likeness (QED) is 0.260. The van der Waals surface area contributed by atoms with Crippen LogP contribution < -0.4 is 20.7 Å². The van der Waals surface area contributed by atoms with Crippen molar-refractivity contribution in [1.82, 2.24) is 25.1 Å². The lowest BCUT2D eigenvalue weighted by atomic mass is 9.76. The van der Waals surface area contributed by atoms with Gasteiger partial charge >= 0.3 is 12.1 Å². The molecule has 226 valence electrons. The van der Waals surface area contributed by atoms with E-state index in [4.69, 9.17) is 10.5 Å². The van der Waals surface area contributed by atoms with Crippen LogP contribution in [0.3, 0.4) is 0 Å². The van der Waals surface area contributed by atoms with Crippen LogP contribution in [0.4, 0.5) is 24.9 Å². The molecule has 3 aromatic rings. The summed E-state index contributed by atoms with van der Waals surface area (Å²) >= 11 is 0. The Labute approximate surface area is 238 Å². The fourth-order valence-corrected chi connectivity index (χ4v) is 5.61. The molecule has 1 unspecified atom stereocenters. The number of aliphatic hydroxyl groups is 2. The highest BCUT2D eigenvalue weighted by atomic mass is 19.4. The molecule has 0 aliphatic carbocycles. The van der Waals surface area contributed by atoms with Crippen molar-refractivity contribution < 1.29 is 38.0 Å². The first kappa shape index (κ1) is 29.5. The van der Waals surface area contributed by atoms with E-state index in [9.17, 15) is 33.3 Å². The van der Waals surface area contributed by atoms with Crippen molar-refractivity contribution >= 4 is 17.7 Å². The Morgan fingerprint density at radius 2 is 1.98 bits per heavy atom. The molecule has 2 aliphatic heterocycles. The zero-order valence-corrected chi connectivity index (χ0v) is 22.8. The van der Waals surface area contributed by atoms with Crippen molar-refractivity contribution in [2.75, 3.05) is 36.9 Å². The zero-order chi connectivity index (χ0) is 30.2. The molecule has 0 amide bonds. The van der Waals surface area contributed by atoms with Gasteiger partial charge in [-0.2, -0.15) is 28.2 Å². The van der Waals surface area contributed by atoms with E-state index < -0.39 is 37.0 Å². The topological polar surface area (TPSA) is 172 Å². The number of carboxylic acids is 1. The number of ether oxygens (including phenoxy) is 1. The summed E-state index contributed by atoms with van der Waals surface area (Å²) in [7, 11) is 0. The van der Waals surface area contributed by atoms with E-state index in [2.05, 4.69) is 20.4 Å². The van der Waals surface area contributed by atoms with Crippen molar-refractivity contribution in [2.45, 2.75) is 50.6 Å². The zero-order valence-electron chi connectivity index (χ0n) is 22.8. The Balaban J connectivity index is 1.43. The molecule has 0 saturated carbocycles. The molecule has 2 aromatic heterocycles. The molecule has 2 saturated heterocycles. The third kappa shape index (κ3) is 6.12. The van der Waals surface area contributed by atoms with Gasteiger partial charge in [-0.05, 0) is 49.3 Å². The van der Waals surface area contributed by atoms with E-state index in [-0.39, 0.29) is 34.1 Å². The number of anilines is 2. The second-order valence-corrected chi connectivity index (χ2v) is 10.8. The molecule has 0 bridgehead atoms. The highest BCUT2D eigenvalue weighted by Crippen LogP contribution is 2.42. The average molecular weight is 592 g/mol. The minimum absolute atomic E-state index is 0.00356. The van der Waals surface area contributed by atoms with Gasteiger partial charge in [0.2, 0.25) is 17.9 Å². The number of nitrogen functional groups attached to an aromatic ring is 1. The molecule has 15 heteroatoms. The van der Waals surface area contributed by atoms with Gasteiger partial charge in [0.25, 0.3) is 0 Å². The Bertz CT molecular complexity index is 1440. The van der Waals surface area contributed by atoms with Gasteiger partial charge in [-0.25, -0.2) is 4.68 Å². The number of piperidine rings is 1. The van der Waals surface area contributed by atoms with E-state index in [1.165, 1.54) is 35.1 Å². The molecule has 42 heavy (non-hydrogen) atoms. The number of nitrogens with zero attached hydrogens (tertiary/aromatic N) is 5. The van der Waals surface area contributed by atoms with Crippen LogP contribution >= 0.6 is 0 Å². The van der Waals surface area contributed by atoms with Gasteiger partial charge in [-0.15, -0.1) is 0 Å². The maximum Gasteiger partial charge on any atom is 0.429 e. The number of rotatable bonds is 8. The molecule has 1 spiro atoms. The molecule has 4 heterocycles. The molecule has 12 nitrogen and oxygen atoms in total. The lowest BCUT2D eigenvalue weighted by Gasteiger charge is -2.39. The average Bonchev–Trinajstić information content (AvgIpc) is 3.57. The highest BCUT2D eigenvalue weighted by molar-refractivity contribution is 5.74. The van der Waals surface area contributed by atoms with Gasteiger partial charge in [0.15, 0.2) is 0 Å². The minimum Gasteiger partial charge on any atom is -0.480 e. The Kier molecular flexibility index (Phi) is 8.00. The largest absolute Gasteiger partial charge is 0.480 e. The first-order chi connectivity index (χ1) is 19.9. The summed E-state index contributed by atoms with van der Waals surface area (Å²) in [5.74, 6) is -1.22. The van der Waals surface area contributed by atoms with Gasteiger partial charge < -0.3 is 36.0 Å². The highest BCUT2D eigenvalue weighted by Gasteiger charge is 2.46. The van der Waals surface area contributed by atoms with Crippen LogP contribution in [0.2, 0.25) is 0 Å². The second kappa shape index (κ2) is 11.4. The number of hydrogen-bond donors (Lipinski definition) is 5. The van der Waals surface area contributed by atoms with Crippen LogP contribution in [0, 0.1) is 12.3 Å². The third-order valence-corrected chi connectivity index (χ3v) is 7.91. The monoisotopic (exact) mass is 591 g/mol. The molecular weight excluding hydrogens is 559 g/mol. The fourth-order valence-electron chi connectivity index (χ4n) is 5.61. The van der Waals surface area contributed by atoms with Gasteiger partial charge in [0.1, 0.15) is 18.0 Å². The number of aliphatic carboxylic acids is 1.